The molecule has 0 saturated heterocycles. The highest BCUT2D eigenvalue weighted by Gasteiger charge is 2.32. The fraction of sp³-hybridized carbons (Fsp3) is 0.684. The van der Waals surface area contributed by atoms with E-state index in [4.69, 9.17) is 16.6 Å². The van der Waals surface area contributed by atoms with E-state index in [-0.39, 0.29) is 19.3 Å². The second kappa shape index (κ2) is 15.1. The van der Waals surface area contributed by atoms with E-state index in [0.29, 0.717) is 5.75 Å². The molecule has 33 heavy (non-hydrogen) atoms. The highest BCUT2D eigenvalue weighted by Crippen LogP contribution is 2.07. The summed E-state index contributed by atoms with van der Waals surface area (Å²) in [6.45, 7) is 3.22. The molecule has 0 aliphatic heterocycles. The predicted molar refractivity (Wildman–Crippen MR) is 120 cm³/mol. The smallest absolute Gasteiger partial charge is 0.326 e. The van der Waals surface area contributed by atoms with E-state index >= 15 is 0 Å². The zero-order valence-electron chi connectivity index (χ0n) is 18.8. The van der Waals surface area contributed by atoms with Crippen LogP contribution in [-0.4, -0.2) is 82.0 Å². The van der Waals surface area contributed by atoms with Gasteiger partial charge in [0.25, 0.3) is 0 Å². The van der Waals surface area contributed by atoms with Crippen molar-refractivity contribution in [3.8, 4) is 0 Å². The lowest BCUT2D eigenvalue weighted by molar-refractivity contribution is -0.142. The summed E-state index contributed by atoms with van der Waals surface area (Å²) in [5.74, 6) is -5.82. The Bertz CT molecular complexity index is 733. The number of carbonyl (C=O) groups is 6. The van der Waals surface area contributed by atoms with Crippen LogP contribution >= 0.6 is 11.8 Å². The zero-order valence-corrected chi connectivity index (χ0v) is 19.6. The average molecular weight is 492 g/mol. The Morgan fingerprint density at radius 2 is 1.45 bits per heavy atom. The molecule has 0 rings (SSSR count). The average Bonchev–Trinajstić information content (AvgIpc) is 2.71. The third-order valence-electron chi connectivity index (χ3n) is 4.52. The molecule has 0 aromatic heterocycles. The number of thioether (sulfide) groups is 1. The van der Waals surface area contributed by atoms with Gasteiger partial charge < -0.3 is 37.6 Å². The summed E-state index contributed by atoms with van der Waals surface area (Å²) in [6, 6.07) is -5.04. The number of aliphatic carboxylic acids is 2. The number of hydrogen-bond acceptors (Lipinski definition) is 8. The van der Waals surface area contributed by atoms with Crippen LogP contribution in [0.1, 0.15) is 39.5 Å². The first-order chi connectivity index (χ1) is 15.3. The van der Waals surface area contributed by atoms with Crippen LogP contribution in [0, 0.1) is 5.92 Å². The summed E-state index contributed by atoms with van der Waals surface area (Å²) in [5, 5.41) is 25.0. The van der Waals surface area contributed by atoms with Crippen molar-refractivity contribution in [2.24, 2.45) is 17.4 Å². The number of carboxylic acid groups (broad SMARTS) is 2. The van der Waals surface area contributed by atoms with Crippen molar-refractivity contribution in [1.82, 2.24) is 16.0 Å². The van der Waals surface area contributed by atoms with Crippen molar-refractivity contribution < 1.29 is 39.0 Å². The van der Waals surface area contributed by atoms with Crippen LogP contribution < -0.4 is 27.4 Å². The molecule has 9 N–H and O–H groups in total. The second-order valence-corrected chi connectivity index (χ2v) is 8.67. The molecule has 0 aromatic rings. The van der Waals surface area contributed by atoms with Crippen LogP contribution in [0.4, 0.5) is 0 Å². The van der Waals surface area contributed by atoms with Gasteiger partial charge in [0.1, 0.15) is 18.1 Å². The number of amides is 4. The van der Waals surface area contributed by atoms with Crippen molar-refractivity contribution in [3.63, 3.8) is 0 Å². The number of hydrogen-bond donors (Lipinski definition) is 7. The summed E-state index contributed by atoms with van der Waals surface area (Å²) in [5.41, 5.74) is 10.8. The SMILES string of the molecule is CSCCC(NC(=O)C(CC(N)=O)NC(=O)C(NC(=O)C(N)CCC(=O)O)C(C)C)C(=O)O. The molecular formula is C19H33N5O8S. The Balaban J connectivity index is 5.38. The molecule has 0 spiro atoms. The molecule has 0 aromatic carbocycles. The first kappa shape index (κ1) is 30.1. The van der Waals surface area contributed by atoms with Crippen LogP contribution in [-0.2, 0) is 28.8 Å². The van der Waals surface area contributed by atoms with E-state index in [9.17, 15) is 33.9 Å². The molecule has 0 saturated carbocycles. The monoisotopic (exact) mass is 491 g/mol. The van der Waals surface area contributed by atoms with Crippen molar-refractivity contribution in [2.45, 2.75) is 63.7 Å². The lowest BCUT2D eigenvalue weighted by Gasteiger charge is -2.26. The first-order valence-electron chi connectivity index (χ1n) is 10.2. The molecule has 0 bridgehead atoms. The zero-order chi connectivity index (χ0) is 25.7. The van der Waals surface area contributed by atoms with Gasteiger partial charge in [-0.05, 0) is 30.8 Å². The minimum Gasteiger partial charge on any atom is -0.481 e. The Morgan fingerprint density at radius 3 is 1.91 bits per heavy atom. The van der Waals surface area contributed by atoms with Gasteiger partial charge in [-0.3, -0.25) is 24.0 Å². The molecular weight excluding hydrogens is 458 g/mol. The second-order valence-electron chi connectivity index (χ2n) is 7.68. The topological polar surface area (TPSA) is 231 Å². The molecule has 188 valence electrons. The van der Waals surface area contributed by atoms with Gasteiger partial charge in [-0.1, -0.05) is 13.8 Å². The largest absolute Gasteiger partial charge is 0.481 e. The van der Waals surface area contributed by atoms with Crippen LogP contribution in [0.25, 0.3) is 0 Å². The van der Waals surface area contributed by atoms with Gasteiger partial charge in [0, 0.05) is 6.42 Å². The van der Waals surface area contributed by atoms with Crippen LogP contribution in [0.15, 0.2) is 0 Å². The van der Waals surface area contributed by atoms with E-state index in [2.05, 4.69) is 16.0 Å². The van der Waals surface area contributed by atoms with Gasteiger partial charge in [-0.2, -0.15) is 11.8 Å². The Kier molecular flexibility index (Phi) is 13.7. The third kappa shape index (κ3) is 12.1. The van der Waals surface area contributed by atoms with Gasteiger partial charge in [-0.25, -0.2) is 4.79 Å². The van der Waals surface area contributed by atoms with Crippen molar-refractivity contribution in [1.29, 1.82) is 0 Å². The highest BCUT2D eigenvalue weighted by molar-refractivity contribution is 7.98. The molecule has 0 aliphatic rings. The fourth-order valence-electron chi connectivity index (χ4n) is 2.64. The summed E-state index contributed by atoms with van der Waals surface area (Å²) in [7, 11) is 0. The van der Waals surface area contributed by atoms with E-state index in [1.165, 1.54) is 11.8 Å². The minimum absolute atomic E-state index is 0.123. The van der Waals surface area contributed by atoms with Gasteiger partial charge in [0.15, 0.2) is 0 Å². The summed E-state index contributed by atoms with van der Waals surface area (Å²) in [6.07, 6.45) is 0.814. The number of carbonyl (C=O) groups excluding carboxylic acids is 4. The quantitative estimate of drug-likeness (QED) is 0.125. The van der Waals surface area contributed by atoms with Crippen LogP contribution in [0.5, 0.6) is 0 Å². The van der Waals surface area contributed by atoms with Gasteiger partial charge in [0.2, 0.25) is 23.6 Å². The highest BCUT2D eigenvalue weighted by atomic mass is 32.2. The maximum atomic E-state index is 12.8. The lowest BCUT2D eigenvalue weighted by Crippen LogP contribution is -2.59. The number of carboxylic acids is 2. The Labute approximate surface area is 195 Å². The fourth-order valence-corrected chi connectivity index (χ4v) is 3.11. The molecule has 0 aliphatic carbocycles. The van der Waals surface area contributed by atoms with Gasteiger partial charge in [0.05, 0.1) is 12.5 Å². The molecule has 0 heterocycles. The number of rotatable bonds is 16. The molecule has 4 atom stereocenters. The van der Waals surface area contributed by atoms with Gasteiger partial charge >= 0.3 is 11.9 Å². The minimum atomic E-state index is -1.47. The maximum Gasteiger partial charge on any atom is 0.326 e. The van der Waals surface area contributed by atoms with Gasteiger partial charge in [-0.15, -0.1) is 0 Å². The Morgan fingerprint density at radius 1 is 0.879 bits per heavy atom. The normalized spacial score (nSPS) is 14.5. The van der Waals surface area contributed by atoms with Crippen LogP contribution in [0.3, 0.4) is 0 Å². The van der Waals surface area contributed by atoms with Crippen LogP contribution in [0.2, 0.25) is 0 Å². The summed E-state index contributed by atoms with van der Waals surface area (Å²) >= 11 is 1.38. The summed E-state index contributed by atoms with van der Waals surface area (Å²) in [4.78, 5) is 71.1. The van der Waals surface area contributed by atoms with Crippen molar-refractivity contribution >= 4 is 47.3 Å². The number of nitrogens with one attached hydrogen (secondary N) is 3. The van der Waals surface area contributed by atoms with Crippen molar-refractivity contribution in [3.05, 3.63) is 0 Å². The van der Waals surface area contributed by atoms with Crippen molar-refractivity contribution in [2.75, 3.05) is 12.0 Å². The number of nitrogens with two attached hydrogens (primary N) is 2. The van der Waals surface area contributed by atoms with E-state index < -0.39 is 72.1 Å². The molecule has 0 radical (unpaired) electrons. The molecule has 0 fully saturated rings. The third-order valence-corrected chi connectivity index (χ3v) is 5.16. The molecule has 14 heteroatoms. The first-order valence-corrected chi connectivity index (χ1v) is 11.6. The van der Waals surface area contributed by atoms with E-state index in [1.54, 1.807) is 20.1 Å². The lowest BCUT2D eigenvalue weighted by atomic mass is 10.0. The van der Waals surface area contributed by atoms with E-state index in [1.807, 2.05) is 0 Å². The molecule has 13 nitrogen and oxygen atoms in total. The molecule has 4 amide bonds. The number of primary amides is 1. The maximum absolute atomic E-state index is 12.8. The molecule has 4 unspecified atom stereocenters. The Hall–Kier alpha value is -2.87. The standard InChI is InChI=1S/C19H33N5O8S/c1-9(2)15(24-16(28)10(20)4-5-14(26)27)18(30)23-12(8-13(21)25)17(29)22-11(19(31)32)6-7-33-3/h9-12,15H,4-8,20H2,1-3H3,(H2,21,25)(H,22,29)(H,23,30)(H,24,28)(H,26,27)(H,31,32). The summed E-state index contributed by atoms with van der Waals surface area (Å²) < 4.78 is 0. The van der Waals surface area contributed by atoms with E-state index in [0.717, 1.165) is 0 Å². The predicted octanol–water partition coefficient (Wildman–Crippen LogP) is -2.00.